The average molecular weight is 305 g/mol. The molecule has 1 saturated heterocycles. The van der Waals surface area contributed by atoms with Gasteiger partial charge in [0.05, 0.1) is 11.7 Å². The molecule has 1 heterocycles. The maximum atomic E-state index is 6.22. The minimum atomic E-state index is -0.140. The second-order valence-electron chi connectivity index (χ2n) is 4.66. The van der Waals surface area contributed by atoms with Gasteiger partial charge in [-0.3, -0.25) is 0 Å². The Balaban J connectivity index is 2.23. The Morgan fingerprint density at radius 1 is 1.50 bits per heavy atom. The summed E-state index contributed by atoms with van der Waals surface area (Å²) in [4.78, 5) is 0. The van der Waals surface area contributed by atoms with E-state index < -0.39 is 0 Å². The van der Waals surface area contributed by atoms with Crippen molar-refractivity contribution in [2.75, 3.05) is 13.1 Å². The summed E-state index contributed by atoms with van der Waals surface area (Å²) in [5.41, 5.74) is 0.907. The van der Waals surface area contributed by atoms with Crippen molar-refractivity contribution in [1.29, 1.82) is 0 Å². The maximum Gasteiger partial charge on any atom is 0.0971 e. The van der Waals surface area contributed by atoms with Crippen LogP contribution in [-0.2, 0) is 4.74 Å². The van der Waals surface area contributed by atoms with Crippen LogP contribution in [0.5, 0.6) is 0 Å². The molecular weight excluding hydrogens is 289 g/mol. The Morgan fingerprint density at radius 2 is 2.25 bits per heavy atom. The molecule has 4 heteroatoms. The van der Waals surface area contributed by atoms with Gasteiger partial charge >= 0.3 is 0 Å². The van der Waals surface area contributed by atoms with Crippen LogP contribution in [0.2, 0.25) is 5.02 Å². The molecule has 0 amide bonds. The van der Waals surface area contributed by atoms with E-state index in [4.69, 9.17) is 16.3 Å². The highest BCUT2D eigenvalue weighted by Gasteiger charge is 2.30. The molecule has 1 N–H and O–H groups in total. The van der Waals surface area contributed by atoms with Crippen LogP contribution in [0.15, 0.2) is 22.7 Å². The van der Waals surface area contributed by atoms with Crippen molar-refractivity contribution < 1.29 is 4.74 Å². The molecule has 1 fully saturated rings. The highest BCUT2D eigenvalue weighted by atomic mass is 79.9. The third-order valence-corrected chi connectivity index (χ3v) is 3.47. The van der Waals surface area contributed by atoms with Gasteiger partial charge in [0.1, 0.15) is 0 Å². The van der Waals surface area contributed by atoms with Gasteiger partial charge in [-0.1, -0.05) is 33.6 Å². The lowest BCUT2D eigenvalue weighted by Gasteiger charge is -2.37. The molecule has 16 heavy (non-hydrogen) atoms. The Labute approximate surface area is 109 Å². The average Bonchev–Trinajstić information content (AvgIpc) is 2.15. The van der Waals surface area contributed by atoms with E-state index in [0.29, 0.717) is 0 Å². The van der Waals surface area contributed by atoms with Crippen molar-refractivity contribution in [2.45, 2.75) is 25.6 Å². The minimum absolute atomic E-state index is 0.0318. The largest absolute Gasteiger partial charge is 0.365 e. The fraction of sp³-hybridized carbons (Fsp3) is 0.500. The predicted octanol–water partition coefficient (Wildman–Crippen LogP) is 3.54. The van der Waals surface area contributed by atoms with Gasteiger partial charge in [0.15, 0.2) is 0 Å². The van der Waals surface area contributed by atoms with Gasteiger partial charge in [-0.05, 0) is 26.0 Å². The van der Waals surface area contributed by atoms with Gasteiger partial charge in [-0.25, -0.2) is 0 Å². The summed E-state index contributed by atoms with van der Waals surface area (Å²) < 4.78 is 7.01. The highest BCUT2D eigenvalue weighted by Crippen LogP contribution is 2.32. The molecule has 1 aromatic carbocycles. The lowest BCUT2D eigenvalue weighted by Crippen LogP contribution is -2.46. The van der Waals surface area contributed by atoms with Gasteiger partial charge in [-0.15, -0.1) is 0 Å². The van der Waals surface area contributed by atoms with Crippen LogP contribution < -0.4 is 5.32 Å². The van der Waals surface area contributed by atoms with Crippen molar-refractivity contribution in [3.63, 3.8) is 0 Å². The molecule has 0 bridgehead atoms. The van der Waals surface area contributed by atoms with Crippen molar-refractivity contribution in [2.24, 2.45) is 0 Å². The number of rotatable bonds is 1. The lowest BCUT2D eigenvalue weighted by atomic mass is 10.0. The van der Waals surface area contributed by atoms with E-state index in [0.717, 1.165) is 28.1 Å². The van der Waals surface area contributed by atoms with Crippen LogP contribution in [0.25, 0.3) is 0 Å². The van der Waals surface area contributed by atoms with Crippen LogP contribution in [0.4, 0.5) is 0 Å². The lowest BCUT2D eigenvalue weighted by molar-refractivity contribution is -0.0958. The number of ether oxygens (including phenoxy) is 1. The van der Waals surface area contributed by atoms with Crippen molar-refractivity contribution >= 4 is 27.5 Å². The molecule has 88 valence electrons. The fourth-order valence-electron chi connectivity index (χ4n) is 1.91. The van der Waals surface area contributed by atoms with Gasteiger partial charge in [0.2, 0.25) is 0 Å². The molecule has 0 aromatic heterocycles. The first-order chi connectivity index (χ1) is 7.48. The highest BCUT2D eigenvalue weighted by molar-refractivity contribution is 9.10. The topological polar surface area (TPSA) is 21.3 Å². The molecule has 2 nitrogen and oxygen atoms in total. The number of benzene rings is 1. The maximum absolute atomic E-state index is 6.22. The normalized spacial score (nSPS) is 24.4. The van der Waals surface area contributed by atoms with E-state index in [1.54, 1.807) is 0 Å². The van der Waals surface area contributed by atoms with Crippen LogP contribution in [0, 0.1) is 0 Å². The summed E-state index contributed by atoms with van der Waals surface area (Å²) in [6.07, 6.45) is 0.0318. The number of halogens is 2. The first-order valence-electron chi connectivity index (χ1n) is 5.31. The van der Waals surface area contributed by atoms with Gasteiger partial charge in [0, 0.05) is 28.1 Å². The number of hydrogen-bond acceptors (Lipinski definition) is 2. The number of morpholine rings is 1. The second kappa shape index (κ2) is 4.65. The standard InChI is InChI=1S/C12H15BrClNO/c1-12(2)7-15-6-11(16-12)9-4-3-8(13)5-10(9)14/h3-5,11,15H,6-7H2,1-2H3. The van der Waals surface area contributed by atoms with E-state index in [-0.39, 0.29) is 11.7 Å². The van der Waals surface area contributed by atoms with Crippen molar-refractivity contribution in [1.82, 2.24) is 5.32 Å². The first-order valence-corrected chi connectivity index (χ1v) is 6.48. The fourth-order valence-corrected chi connectivity index (χ4v) is 2.70. The van der Waals surface area contributed by atoms with E-state index in [1.165, 1.54) is 0 Å². The smallest absolute Gasteiger partial charge is 0.0971 e. The summed E-state index contributed by atoms with van der Waals surface area (Å²) in [6, 6.07) is 5.91. The van der Waals surface area contributed by atoms with Crippen molar-refractivity contribution in [3.05, 3.63) is 33.3 Å². The second-order valence-corrected chi connectivity index (χ2v) is 5.99. The van der Waals surface area contributed by atoms with Gasteiger partial charge in [0.25, 0.3) is 0 Å². The molecule has 1 unspecified atom stereocenters. The predicted molar refractivity (Wildman–Crippen MR) is 69.9 cm³/mol. The third kappa shape index (κ3) is 2.77. The SMILES string of the molecule is CC1(C)CNCC(c2ccc(Br)cc2Cl)O1. The van der Waals surface area contributed by atoms with Crippen molar-refractivity contribution in [3.8, 4) is 0 Å². The number of nitrogens with one attached hydrogen (secondary N) is 1. The summed E-state index contributed by atoms with van der Waals surface area (Å²) >= 11 is 9.62. The molecular formula is C12H15BrClNO. The Hall–Kier alpha value is -0.0900. The van der Waals surface area contributed by atoms with E-state index in [2.05, 4.69) is 35.1 Å². The summed E-state index contributed by atoms with van der Waals surface area (Å²) in [5, 5.41) is 4.12. The molecule has 0 spiro atoms. The molecule has 1 atom stereocenters. The molecule has 0 saturated carbocycles. The van der Waals surface area contributed by atoms with Crippen LogP contribution in [-0.4, -0.2) is 18.7 Å². The molecule has 0 radical (unpaired) electrons. The number of hydrogen-bond donors (Lipinski definition) is 1. The Morgan fingerprint density at radius 3 is 2.88 bits per heavy atom. The Kier molecular flexibility index (Phi) is 3.59. The third-order valence-electron chi connectivity index (χ3n) is 2.65. The van der Waals surface area contributed by atoms with E-state index in [9.17, 15) is 0 Å². The molecule has 1 aromatic rings. The van der Waals surface area contributed by atoms with E-state index in [1.807, 2.05) is 18.2 Å². The zero-order chi connectivity index (χ0) is 11.8. The Bertz CT molecular complexity index is 395. The zero-order valence-corrected chi connectivity index (χ0v) is 11.7. The molecule has 1 aliphatic heterocycles. The van der Waals surface area contributed by atoms with E-state index >= 15 is 0 Å². The van der Waals surface area contributed by atoms with Crippen LogP contribution in [0.1, 0.15) is 25.5 Å². The first kappa shape index (κ1) is 12.4. The molecule has 1 aliphatic rings. The zero-order valence-electron chi connectivity index (χ0n) is 9.39. The van der Waals surface area contributed by atoms with Crippen LogP contribution >= 0.6 is 27.5 Å². The minimum Gasteiger partial charge on any atom is -0.365 e. The van der Waals surface area contributed by atoms with Crippen LogP contribution in [0.3, 0.4) is 0 Å². The summed E-state index contributed by atoms with van der Waals surface area (Å²) in [7, 11) is 0. The monoisotopic (exact) mass is 303 g/mol. The quantitative estimate of drug-likeness (QED) is 0.857. The summed E-state index contributed by atoms with van der Waals surface area (Å²) in [5.74, 6) is 0. The van der Waals surface area contributed by atoms with Gasteiger partial charge in [-0.2, -0.15) is 0 Å². The molecule has 2 rings (SSSR count). The van der Waals surface area contributed by atoms with Gasteiger partial charge < -0.3 is 10.1 Å². The molecule has 0 aliphatic carbocycles. The summed E-state index contributed by atoms with van der Waals surface area (Å²) in [6.45, 7) is 5.85.